The number of hydrogen-bond donors (Lipinski definition) is 0. The van der Waals surface area contributed by atoms with Gasteiger partial charge in [-0.15, -0.1) is 6.58 Å². The second-order valence-corrected chi connectivity index (χ2v) is 19.5. The van der Waals surface area contributed by atoms with Crippen LogP contribution in [0, 0.1) is 13.8 Å². The van der Waals surface area contributed by atoms with Gasteiger partial charge in [-0.25, -0.2) is 4.98 Å². The first-order chi connectivity index (χ1) is 40.0. The van der Waals surface area contributed by atoms with Gasteiger partial charge in [0.15, 0.2) is 0 Å². The van der Waals surface area contributed by atoms with Crippen molar-refractivity contribution < 1.29 is 4.74 Å². The molecule has 11 heteroatoms. The lowest BCUT2D eigenvalue weighted by Gasteiger charge is -2.28. The molecule has 0 amide bonds. The molecule has 2 aromatic carbocycles. The van der Waals surface area contributed by atoms with E-state index >= 15 is 0 Å². The van der Waals surface area contributed by atoms with Crippen LogP contribution in [0.25, 0.3) is 0 Å². The molecule has 0 N–H and O–H groups in total. The molecular formula is C73H152N10O. The molecular weight excluding hydrogens is 1030 g/mol. The maximum Gasteiger partial charge on any atom is 0.0943 e. The van der Waals surface area contributed by atoms with Gasteiger partial charge in [0.2, 0.25) is 0 Å². The number of unbranched alkanes of at least 4 members (excludes halogenated alkanes) is 1. The monoisotopic (exact) mass is 1190 g/mol. The summed E-state index contributed by atoms with van der Waals surface area (Å²) in [4.78, 5) is 23.6. The Morgan fingerprint density at radius 2 is 0.786 bits per heavy atom. The molecule has 0 radical (unpaired) electrons. The van der Waals surface area contributed by atoms with Crippen molar-refractivity contribution in [3.8, 4) is 0 Å². The molecule has 11 nitrogen and oxygen atoms in total. The van der Waals surface area contributed by atoms with Crippen LogP contribution >= 0.6 is 0 Å². The molecule has 0 unspecified atom stereocenters. The topological polar surface area (TPSA) is 62.6 Å². The third-order valence-corrected chi connectivity index (χ3v) is 10.7. The molecule has 4 aliphatic heterocycles. The highest BCUT2D eigenvalue weighted by Gasteiger charge is 2.08. The fourth-order valence-electron chi connectivity index (χ4n) is 5.95. The molecule has 4 aromatic rings. The molecule has 84 heavy (non-hydrogen) atoms. The predicted octanol–water partition coefficient (Wildman–Crippen LogP) is 18.3. The van der Waals surface area contributed by atoms with E-state index in [0.717, 1.165) is 26.3 Å². The van der Waals surface area contributed by atoms with E-state index in [9.17, 15) is 0 Å². The number of imidazole rings is 1. The summed E-state index contributed by atoms with van der Waals surface area (Å²) in [5.41, 5.74) is 3.83. The van der Waals surface area contributed by atoms with Gasteiger partial charge in [-0.2, -0.15) is 0 Å². The van der Waals surface area contributed by atoms with Gasteiger partial charge in [0, 0.05) is 90.9 Å². The number of likely N-dealkylation sites (N-methyl/N-ethyl adjacent to an activating group) is 3. The summed E-state index contributed by atoms with van der Waals surface area (Å²) in [6, 6.07) is 24.5. The van der Waals surface area contributed by atoms with Gasteiger partial charge < -0.3 is 43.6 Å². The summed E-state index contributed by atoms with van der Waals surface area (Å²) in [6.07, 6.45) is 23.0. The zero-order valence-electron chi connectivity index (χ0n) is 61.0. The number of ether oxygens (including phenoxy) is 1. The largest absolute Gasteiger partial charge is 0.379 e. The number of piperidine rings is 1. The number of morpholine rings is 1. The van der Waals surface area contributed by atoms with E-state index in [4.69, 9.17) is 4.74 Å². The molecule has 4 saturated heterocycles. The Kier molecular flexibility index (Phi) is 113. The van der Waals surface area contributed by atoms with Gasteiger partial charge in [-0.05, 0) is 165 Å². The SMILES string of the molecule is C.C=CC.CC.CC.CC.CC.CC.CCC.CCCC.CCCN(C)C.CN(C)c1ccccc1.CN1CCCC1.CN1CCCCC1.CN1CCN(C)CC1.CN1CCOCC1.Cc1ccccc1.Cc1ccncc1.Cn1ccnc1. The number of aryl methyl sites for hydroxylation is 3. The summed E-state index contributed by atoms with van der Waals surface area (Å²) in [5, 5.41) is 0. The third-order valence-electron chi connectivity index (χ3n) is 10.7. The van der Waals surface area contributed by atoms with Crippen molar-refractivity contribution in [1.29, 1.82) is 0 Å². The second kappa shape index (κ2) is 92.8. The van der Waals surface area contributed by atoms with Crippen LogP contribution in [-0.4, -0.2) is 193 Å². The molecule has 2 aromatic heterocycles. The van der Waals surface area contributed by atoms with Gasteiger partial charge >= 0.3 is 0 Å². The van der Waals surface area contributed by atoms with Gasteiger partial charge in [0.25, 0.3) is 0 Å². The molecule has 0 atom stereocenters. The van der Waals surface area contributed by atoms with E-state index in [0.29, 0.717) is 0 Å². The van der Waals surface area contributed by atoms with Crippen LogP contribution < -0.4 is 4.90 Å². The highest BCUT2D eigenvalue weighted by atomic mass is 16.5. The summed E-state index contributed by atoms with van der Waals surface area (Å²) in [7, 11) is 21.0. The molecule has 4 aliphatic rings. The maximum atomic E-state index is 5.10. The smallest absolute Gasteiger partial charge is 0.0943 e. The molecule has 6 heterocycles. The Morgan fingerprint density at radius 1 is 0.464 bits per heavy atom. The van der Waals surface area contributed by atoms with Crippen LogP contribution in [0.1, 0.15) is 187 Å². The Hall–Kier alpha value is -3.94. The number of likely N-dealkylation sites (tertiary alicyclic amines) is 2. The molecule has 0 bridgehead atoms. The number of pyridine rings is 1. The highest BCUT2D eigenvalue weighted by Crippen LogP contribution is 2.07. The molecule has 0 aliphatic carbocycles. The van der Waals surface area contributed by atoms with Crippen LogP contribution in [0.5, 0.6) is 0 Å². The molecule has 0 spiro atoms. The van der Waals surface area contributed by atoms with E-state index < -0.39 is 0 Å². The fourth-order valence-corrected chi connectivity index (χ4v) is 5.95. The van der Waals surface area contributed by atoms with E-state index in [-0.39, 0.29) is 7.43 Å². The third kappa shape index (κ3) is 100. The van der Waals surface area contributed by atoms with Crippen LogP contribution in [0.3, 0.4) is 0 Å². The zero-order chi connectivity index (χ0) is 65.8. The Morgan fingerprint density at radius 3 is 0.940 bits per heavy atom. The Balaban J connectivity index is -0.0000000883. The number of para-hydroxylation sites is 1. The quantitative estimate of drug-likeness (QED) is 0.185. The summed E-state index contributed by atoms with van der Waals surface area (Å²) >= 11 is 0. The summed E-state index contributed by atoms with van der Waals surface area (Å²) < 4.78 is 6.99. The molecule has 4 fully saturated rings. The second-order valence-electron chi connectivity index (χ2n) is 19.5. The number of aromatic nitrogens is 3. The van der Waals surface area contributed by atoms with Crippen LogP contribution in [-0.2, 0) is 11.8 Å². The minimum atomic E-state index is 0. The summed E-state index contributed by atoms with van der Waals surface area (Å²) in [6.45, 7) is 55.6. The van der Waals surface area contributed by atoms with E-state index in [1.807, 2.05) is 164 Å². The van der Waals surface area contributed by atoms with Gasteiger partial charge in [0.1, 0.15) is 0 Å². The van der Waals surface area contributed by atoms with Crippen molar-refractivity contribution in [3.63, 3.8) is 0 Å². The van der Waals surface area contributed by atoms with E-state index in [1.165, 1.54) is 134 Å². The normalized spacial score (nSPS) is 13.4. The van der Waals surface area contributed by atoms with Gasteiger partial charge in [-0.3, -0.25) is 4.98 Å². The maximum absolute atomic E-state index is 5.10. The number of hydrogen-bond acceptors (Lipinski definition) is 10. The average Bonchev–Trinajstić information content (AvgIpc) is 4.22. The molecule has 8 rings (SSSR count). The zero-order valence-corrected chi connectivity index (χ0v) is 61.0. The number of allylic oxidation sites excluding steroid dienone is 1. The van der Waals surface area contributed by atoms with Crippen LogP contribution in [0.2, 0.25) is 0 Å². The lowest BCUT2D eigenvalue weighted by atomic mass is 10.1. The Labute approximate surface area is 530 Å². The summed E-state index contributed by atoms with van der Waals surface area (Å²) in [5.74, 6) is 0. The number of benzene rings is 2. The van der Waals surface area contributed by atoms with Crippen LogP contribution in [0.4, 0.5) is 5.69 Å². The minimum Gasteiger partial charge on any atom is -0.379 e. The number of nitrogens with zero attached hydrogens (tertiary/aromatic N) is 10. The van der Waals surface area contributed by atoms with Gasteiger partial charge in [0.05, 0.1) is 19.5 Å². The molecule has 0 saturated carbocycles. The number of rotatable bonds is 4. The first kappa shape index (κ1) is 102. The lowest BCUT2D eigenvalue weighted by molar-refractivity contribution is 0.0503. The minimum absolute atomic E-state index is 0. The average molecular weight is 1190 g/mol. The van der Waals surface area contributed by atoms with Crippen molar-refractivity contribution >= 4 is 5.69 Å². The number of piperazine rings is 1. The first-order valence-corrected chi connectivity index (χ1v) is 32.7. The Bertz CT molecular complexity index is 1490. The van der Waals surface area contributed by atoms with Crippen molar-refractivity contribution in [3.05, 3.63) is 128 Å². The van der Waals surface area contributed by atoms with Crippen molar-refractivity contribution in [2.75, 3.05) is 154 Å². The number of anilines is 1. The highest BCUT2D eigenvalue weighted by molar-refractivity contribution is 5.43. The standard InChI is InChI=1S/C8H11N.C7H8.C6H14N2.C6H7N.C6H13N.C5H11NO.C5H11N.C5H13N.C4H6N2.C4H10.C3H8.C3H6.5C2H6.CH4/c1-9(2)8-6-4-3-5-7-8;1-7-5-3-2-4-6-7;1-7-3-5-8(2)6-4-7;1-6-2-4-7-5-3-6;1-7-5-3-2-4-6-7;1-6-2-4-7-5-3-6;1-6-4-2-3-5-6;1-4-5-6(2)3;1-6-3-2-5-4-6;1-3-4-2;2*1-3-2;5*1-2;/h3-7H,1-2H3;2-6H,1H3;3-6H2,1-2H3;2-5H,1H3;2-6H2,1H3;2-5H2,1H3;2-5H2,1H3;4-5H2,1-3H3;2-4H,1H3;3-4H2,1-2H3;3H2,1-2H3;3H,1H2,2H3;5*1-2H3;1H4. The van der Waals surface area contributed by atoms with Crippen molar-refractivity contribution in [1.82, 2.24) is 43.9 Å². The predicted molar refractivity (Wildman–Crippen MR) is 390 cm³/mol. The first-order valence-electron chi connectivity index (χ1n) is 32.7. The van der Waals surface area contributed by atoms with Crippen LogP contribution in [0.15, 0.2) is 117 Å². The van der Waals surface area contributed by atoms with Gasteiger partial charge in [-0.1, -0.05) is 197 Å². The van der Waals surface area contributed by atoms with E-state index in [2.05, 4.69) is 166 Å². The van der Waals surface area contributed by atoms with E-state index in [1.54, 1.807) is 31.0 Å². The lowest BCUT2D eigenvalue weighted by Crippen LogP contribution is -2.42. The van der Waals surface area contributed by atoms with Crippen molar-refractivity contribution in [2.24, 2.45) is 7.05 Å². The fraction of sp³-hybridized carbons (Fsp3) is 0.699. The van der Waals surface area contributed by atoms with Crippen molar-refractivity contribution in [2.45, 2.75) is 190 Å². The molecule has 500 valence electrons.